The van der Waals surface area contributed by atoms with Gasteiger partial charge in [-0.2, -0.15) is 0 Å². The van der Waals surface area contributed by atoms with Gasteiger partial charge in [-0.05, 0) is 18.6 Å². The normalized spacial score (nSPS) is 12.9. The number of carbonyl (C=O) groups excluding carboxylic acids is 1. The topological polar surface area (TPSA) is 43.1 Å². The van der Waals surface area contributed by atoms with Crippen LogP contribution in [-0.4, -0.2) is 5.78 Å². The van der Waals surface area contributed by atoms with Crippen molar-refractivity contribution in [1.82, 2.24) is 0 Å². The molecule has 1 rings (SSSR count). The lowest BCUT2D eigenvalue weighted by atomic mass is 10.0. The number of rotatable bonds is 3. The summed E-state index contributed by atoms with van der Waals surface area (Å²) in [5, 5.41) is 0. The highest BCUT2D eigenvalue weighted by Crippen LogP contribution is 2.21. The lowest BCUT2D eigenvalue weighted by Crippen LogP contribution is -2.18. The second kappa shape index (κ2) is 4.28. The first kappa shape index (κ1) is 10.8. The predicted octanol–water partition coefficient (Wildman–Crippen LogP) is 2.21. The predicted molar refractivity (Wildman–Crippen MR) is 49.0 cm³/mol. The number of ketones is 1. The van der Waals surface area contributed by atoms with Crippen molar-refractivity contribution in [3.8, 4) is 0 Å². The number of alkyl halides is 2. The van der Waals surface area contributed by atoms with Crippen LogP contribution in [0.2, 0.25) is 0 Å². The van der Waals surface area contributed by atoms with Crippen LogP contribution in [0.5, 0.6) is 0 Å². The summed E-state index contributed by atoms with van der Waals surface area (Å²) in [7, 11) is 0. The minimum absolute atomic E-state index is 0.112. The van der Waals surface area contributed by atoms with Crippen molar-refractivity contribution in [2.24, 2.45) is 5.73 Å². The smallest absolute Gasteiger partial charge is 0.263 e. The van der Waals surface area contributed by atoms with E-state index in [-0.39, 0.29) is 11.3 Å². The molecule has 0 amide bonds. The van der Waals surface area contributed by atoms with Crippen LogP contribution in [0.3, 0.4) is 0 Å². The number of nitrogens with two attached hydrogens (primary N) is 1. The van der Waals surface area contributed by atoms with Crippen molar-refractivity contribution >= 4 is 5.78 Å². The summed E-state index contributed by atoms with van der Waals surface area (Å²) < 4.78 is 24.6. The lowest BCUT2D eigenvalue weighted by Gasteiger charge is -2.09. The average Bonchev–Trinajstić information content (AvgIpc) is 2.16. The molecular weight excluding hydrogens is 188 g/mol. The molecule has 0 spiro atoms. The number of benzene rings is 1. The van der Waals surface area contributed by atoms with Gasteiger partial charge in [-0.3, -0.25) is 4.79 Å². The summed E-state index contributed by atoms with van der Waals surface area (Å²) in [6.45, 7) is 1.33. The zero-order valence-electron chi connectivity index (χ0n) is 7.71. The molecule has 14 heavy (non-hydrogen) atoms. The highest BCUT2D eigenvalue weighted by Gasteiger charge is 2.13. The van der Waals surface area contributed by atoms with E-state index in [1.807, 2.05) is 0 Å². The second-order valence-electron chi connectivity index (χ2n) is 3.06. The molecule has 2 N–H and O–H groups in total. The highest BCUT2D eigenvalue weighted by atomic mass is 19.3. The summed E-state index contributed by atoms with van der Waals surface area (Å²) in [6.07, 6.45) is -2.53. The van der Waals surface area contributed by atoms with Crippen LogP contribution in [-0.2, 0) is 4.79 Å². The molecule has 76 valence electrons. The Morgan fingerprint density at radius 3 is 2.43 bits per heavy atom. The monoisotopic (exact) mass is 199 g/mol. The van der Waals surface area contributed by atoms with Crippen LogP contribution in [0, 0.1) is 0 Å². The van der Waals surface area contributed by atoms with E-state index in [2.05, 4.69) is 0 Å². The maximum Gasteiger partial charge on any atom is 0.263 e. The maximum absolute atomic E-state index is 12.3. The van der Waals surface area contributed by atoms with Gasteiger partial charge in [0.1, 0.15) is 0 Å². The first-order chi connectivity index (χ1) is 6.52. The molecule has 0 fully saturated rings. The quantitative estimate of drug-likeness (QED) is 0.811. The molecule has 0 heterocycles. The Labute approximate surface area is 80.7 Å². The van der Waals surface area contributed by atoms with Gasteiger partial charge in [0.05, 0.1) is 6.04 Å². The second-order valence-corrected chi connectivity index (χ2v) is 3.06. The zero-order valence-corrected chi connectivity index (χ0v) is 7.71. The van der Waals surface area contributed by atoms with Crippen LogP contribution in [0.1, 0.15) is 30.5 Å². The molecule has 0 aliphatic heterocycles. The Balaban J connectivity index is 2.99. The maximum atomic E-state index is 12.3. The number of halogens is 2. The van der Waals surface area contributed by atoms with Gasteiger partial charge in [-0.25, -0.2) is 8.78 Å². The molecule has 1 unspecified atom stereocenters. The Bertz CT molecular complexity index is 339. The van der Waals surface area contributed by atoms with E-state index in [9.17, 15) is 13.6 Å². The van der Waals surface area contributed by atoms with Crippen LogP contribution in [0.4, 0.5) is 8.78 Å². The molecule has 1 aromatic rings. The van der Waals surface area contributed by atoms with Gasteiger partial charge in [0.25, 0.3) is 6.43 Å². The first-order valence-electron chi connectivity index (χ1n) is 4.16. The summed E-state index contributed by atoms with van der Waals surface area (Å²) in [5.41, 5.74) is 5.83. The van der Waals surface area contributed by atoms with Crippen molar-refractivity contribution in [1.29, 1.82) is 0 Å². The summed E-state index contributed by atoms with van der Waals surface area (Å²) >= 11 is 0. The van der Waals surface area contributed by atoms with Gasteiger partial charge in [0, 0.05) is 5.56 Å². The Morgan fingerprint density at radius 2 is 1.93 bits per heavy atom. The van der Waals surface area contributed by atoms with Crippen LogP contribution < -0.4 is 5.73 Å². The molecule has 0 aliphatic carbocycles. The fourth-order valence-electron chi connectivity index (χ4n) is 1.12. The van der Waals surface area contributed by atoms with Gasteiger partial charge in [-0.1, -0.05) is 18.2 Å². The molecule has 4 heteroatoms. The fraction of sp³-hybridized carbons (Fsp3) is 0.300. The van der Waals surface area contributed by atoms with Crippen molar-refractivity contribution in [3.63, 3.8) is 0 Å². The van der Waals surface area contributed by atoms with Crippen LogP contribution in [0.25, 0.3) is 0 Å². The Hall–Kier alpha value is -1.29. The average molecular weight is 199 g/mol. The van der Waals surface area contributed by atoms with E-state index in [4.69, 9.17) is 5.73 Å². The molecule has 0 radical (unpaired) electrons. The van der Waals surface area contributed by atoms with Gasteiger partial charge in [0.15, 0.2) is 5.78 Å². The molecule has 0 bridgehead atoms. The molecule has 0 saturated heterocycles. The number of hydrogen-bond donors (Lipinski definition) is 1. The summed E-state index contributed by atoms with van der Waals surface area (Å²) in [4.78, 5) is 10.9. The number of hydrogen-bond acceptors (Lipinski definition) is 2. The summed E-state index contributed by atoms with van der Waals surface area (Å²) in [5.74, 6) is -0.239. The standard InChI is InChI=1S/C10H11F2NO/c1-6(14)9(13)7-3-2-4-8(5-7)10(11)12/h2-5,9-10H,13H2,1H3. The molecule has 1 atom stereocenters. The molecule has 0 aromatic heterocycles. The first-order valence-corrected chi connectivity index (χ1v) is 4.16. The molecule has 2 nitrogen and oxygen atoms in total. The number of carbonyl (C=O) groups is 1. The van der Waals surface area contributed by atoms with Gasteiger partial charge in [-0.15, -0.1) is 0 Å². The third-order valence-electron chi connectivity index (χ3n) is 1.96. The molecule has 0 saturated carbocycles. The summed E-state index contributed by atoms with van der Waals surface area (Å²) in [6, 6.07) is 4.80. The van der Waals surface area contributed by atoms with Crippen molar-refractivity contribution < 1.29 is 13.6 Å². The van der Waals surface area contributed by atoms with Gasteiger partial charge in [0.2, 0.25) is 0 Å². The zero-order chi connectivity index (χ0) is 10.7. The van der Waals surface area contributed by atoms with Crippen LogP contribution in [0.15, 0.2) is 24.3 Å². The third-order valence-corrected chi connectivity index (χ3v) is 1.96. The minimum atomic E-state index is -2.53. The molecule has 1 aromatic carbocycles. The van der Waals surface area contributed by atoms with E-state index in [0.29, 0.717) is 5.56 Å². The minimum Gasteiger partial charge on any atom is -0.318 e. The Kier molecular flexibility index (Phi) is 3.30. The van der Waals surface area contributed by atoms with E-state index < -0.39 is 12.5 Å². The van der Waals surface area contributed by atoms with Crippen LogP contribution >= 0.6 is 0 Å². The van der Waals surface area contributed by atoms with E-state index in [0.717, 1.165) is 0 Å². The lowest BCUT2D eigenvalue weighted by molar-refractivity contribution is -0.118. The molecular formula is C10H11F2NO. The third kappa shape index (κ3) is 2.35. The van der Waals surface area contributed by atoms with E-state index >= 15 is 0 Å². The van der Waals surface area contributed by atoms with Gasteiger partial charge >= 0.3 is 0 Å². The van der Waals surface area contributed by atoms with E-state index in [1.165, 1.54) is 25.1 Å². The Morgan fingerprint density at radius 1 is 1.36 bits per heavy atom. The number of Topliss-reactive ketones (excluding diaryl/α,β-unsaturated/α-hetero) is 1. The SMILES string of the molecule is CC(=O)C(N)c1cccc(C(F)F)c1. The van der Waals surface area contributed by atoms with Gasteiger partial charge < -0.3 is 5.73 Å². The molecule has 0 aliphatic rings. The van der Waals surface area contributed by atoms with Crippen molar-refractivity contribution in [3.05, 3.63) is 35.4 Å². The largest absolute Gasteiger partial charge is 0.318 e. The highest BCUT2D eigenvalue weighted by molar-refractivity contribution is 5.82. The fourth-order valence-corrected chi connectivity index (χ4v) is 1.12. The van der Waals surface area contributed by atoms with Crippen molar-refractivity contribution in [2.75, 3.05) is 0 Å². The van der Waals surface area contributed by atoms with Crippen molar-refractivity contribution in [2.45, 2.75) is 19.4 Å². The van der Waals surface area contributed by atoms with E-state index in [1.54, 1.807) is 6.07 Å².